The minimum Gasteiger partial charge on any atom is -0.345 e. The summed E-state index contributed by atoms with van der Waals surface area (Å²) < 4.78 is 0. The summed E-state index contributed by atoms with van der Waals surface area (Å²) in [5.41, 5.74) is 1.40. The molecule has 0 aliphatic carbocycles. The first-order chi connectivity index (χ1) is 11.8. The van der Waals surface area contributed by atoms with Crippen molar-refractivity contribution in [3.63, 3.8) is 0 Å². The molecule has 2 amide bonds. The van der Waals surface area contributed by atoms with Crippen LogP contribution in [0.15, 0.2) is 42.5 Å². The standard InChI is InChI=1S/C18H15Cl3N2O2/c1-23(2)18(25)13-7-6-11(10-16(13)21)22-17(24)9-8-12-14(19)4-3-5-15(12)20/h3-10H,1-2H3,(H,22,24)/b9-8+. The molecule has 2 aromatic rings. The summed E-state index contributed by atoms with van der Waals surface area (Å²) in [6, 6.07) is 9.79. The zero-order chi connectivity index (χ0) is 18.6. The maximum absolute atomic E-state index is 12.0. The molecule has 1 N–H and O–H groups in total. The molecule has 25 heavy (non-hydrogen) atoms. The first-order valence-corrected chi connectivity index (χ1v) is 8.37. The molecule has 0 aromatic heterocycles. The minimum absolute atomic E-state index is 0.212. The highest BCUT2D eigenvalue weighted by molar-refractivity contribution is 6.37. The number of nitrogens with zero attached hydrogens (tertiary/aromatic N) is 1. The number of halogens is 3. The van der Waals surface area contributed by atoms with E-state index in [0.717, 1.165) is 0 Å². The Labute approximate surface area is 161 Å². The molecule has 0 bridgehead atoms. The molecule has 0 radical (unpaired) electrons. The normalized spacial score (nSPS) is 10.8. The van der Waals surface area contributed by atoms with E-state index < -0.39 is 0 Å². The Bertz CT molecular complexity index is 828. The predicted molar refractivity (Wildman–Crippen MR) is 104 cm³/mol. The van der Waals surface area contributed by atoms with Crippen molar-refractivity contribution < 1.29 is 9.59 Å². The smallest absolute Gasteiger partial charge is 0.254 e. The second-order valence-electron chi connectivity index (χ2n) is 5.35. The summed E-state index contributed by atoms with van der Waals surface area (Å²) in [6.07, 6.45) is 2.85. The van der Waals surface area contributed by atoms with Gasteiger partial charge in [-0.05, 0) is 36.4 Å². The van der Waals surface area contributed by atoms with E-state index in [-0.39, 0.29) is 16.8 Å². The summed E-state index contributed by atoms with van der Waals surface area (Å²) in [7, 11) is 3.28. The molecule has 0 heterocycles. The first-order valence-electron chi connectivity index (χ1n) is 7.24. The summed E-state index contributed by atoms with van der Waals surface area (Å²) in [6.45, 7) is 0. The summed E-state index contributed by atoms with van der Waals surface area (Å²) in [5.74, 6) is -0.588. The Morgan fingerprint density at radius 1 is 1.00 bits per heavy atom. The number of anilines is 1. The van der Waals surface area contributed by atoms with E-state index in [1.54, 1.807) is 44.4 Å². The monoisotopic (exact) mass is 396 g/mol. The molecule has 0 saturated carbocycles. The Balaban J connectivity index is 2.12. The van der Waals surface area contributed by atoms with Gasteiger partial charge in [0, 0.05) is 41.5 Å². The van der Waals surface area contributed by atoms with Crippen molar-refractivity contribution >= 4 is 58.4 Å². The number of hydrogen-bond donors (Lipinski definition) is 1. The van der Waals surface area contributed by atoms with Gasteiger partial charge in [-0.25, -0.2) is 0 Å². The molecule has 0 fully saturated rings. The van der Waals surface area contributed by atoms with E-state index in [2.05, 4.69) is 5.32 Å². The zero-order valence-corrected chi connectivity index (χ0v) is 15.8. The molecular formula is C18H15Cl3N2O2. The van der Waals surface area contributed by atoms with E-state index in [4.69, 9.17) is 34.8 Å². The van der Waals surface area contributed by atoms with Crippen molar-refractivity contribution in [1.29, 1.82) is 0 Å². The molecule has 2 aromatic carbocycles. The molecule has 0 spiro atoms. The zero-order valence-electron chi connectivity index (χ0n) is 13.5. The lowest BCUT2D eigenvalue weighted by Gasteiger charge is -2.12. The van der Waals surface area contributed by atoms with Gasteiger partial charge in [-0.15, -0.1) is 0 Å². The summed E-state index contributed by atoms with van der Waals surface area (Å²) in [4.78, 5) is 25.4. The van der Waals surface area contributed by atoms with Crippen LogP contribution in [-0.4, -0.2) is 30.8 Å². The van der Waals surface area contributed by atoms with Crippen molar-refractivity contribution in [1.82, 2.24) is 4.90 Å². The van der Waals surface area contributed by atoms with Gasteiger partial charge >= 0.3 is 0 Å². The highest BCUT2D eigenvalue weighted by Gasteiger charge is 2.13. The van der Waals surface area contributed by atoms with E-state index in [1.165, 1.54) is 23.1 Å². The van der Waals surface area contributed by atoms with Gasteiger partial charge in [0.15, 0.2) is 0 Å². The summed E-state index contributed by atoms with van der Waals surface area (Å²) in [5, 5.41) is 3.83. The van der Waals surface area contributed by atoms with Gasteiger partial charge in [0.1, 0.15) is 0 Å². The fourth-order valence-electron chi connectivity index (χ4n) is 2.02. The van der Waals surface area contributed by atoms with E-state index in [9.17, 15) is 9.59 Å². The molecule has 7 heteroatoms. The van der Waals surface area contributed by atoms with E-state index >= 15 is 0 Å². The Morgan fingerprint density at radius 2 is 1.64 bits per heavy atom. The molecular weight excluding hydrogens is 383 g/mol. The van der Waals surface area contributed by atoms with Crippen molar-refractivity contribution in [2.45, 2.75) is 0 Å². The Hall–Kier alpha value is -2.01. The van der Waals surface area contributed by atoms with Crippen molar-refractivity contribution in [3.8, 4) is 0 Å². The van der Waals surface area contributed by atoms with Gasteiger partial charge in [-0.2, -0.15) is 0 Å². The fourth-order valence-corrected chi connectivity index (χ4v) is 2.80. The second-order valence-corrected chi connectivity index (χ2v) is 6.57. The number of carbonyl (C=O) groups excluding carboxylic acids is 2. The van der Waals surface area contributed by atoms with Gasteiger partial charge in [0.05, 0.1) is 10.6 Å². The largest absolute Gasteiger partial charge is 0.345 e. The lowest BCUT2D eigenvalue weighted by atomic mass is 10.1. The molecule has 0 atom stereocenters. The number of amides is 2. The third-order valence-corrected chi connectivity index (χ3v) is 4.25. The van der Waals surface area contributed by atoms with Crippen LogP contribution >= 0.6 is 34.8 Å². The topological polar surface area (TPSA) is 49.4 Å². The second kappa shape index (κ2) is 8.39. The molecule has 130 valence electrons. The number of hydrogen-bond acceptors (Lipinski definition) is 2. The quantitative estimate of drug-likeness (QED) is 0.738. The molecule has 0 aliphatic rings. The SMILES string of the molecule is CN(C)C(=O)c1ccc(NC(=O)/C=C/c2c(Cl)cccc2Cl)cc1Cl. The molecule has 0 unspecified atom stereocenters. The highest BCUT2D eigenvalue weighted by atomic mass is 35.5. The molecule has 4 nitrogen and oxygen atoms in total. The number of nitrogens with one attached hydrogen (secondary N) is 1. The lowest BCUT2D eigenvalue weighted by Crippen LogP contribution is -2.22. The van der Waals surface area contributed by atoms with Gasteiger partial charge in [-0.3, -0.25) is 9.59 Å². The van der Waals surface area contributed by atoms with E-state index in [1.807, 2.05) is 0 Å². The average Bonchev–Trinajstić information content (AvgIpc) is 2.54. The van der Waals surface area contributed by atoms with Crippen LogP contribution in [0.25, 0.3) is 6.08 Å². The van der Waals surface area contributed by atoms with Crippen LogP contribution in [0.1, 0.15) is 15.9 Å². The molecule has 0 saturated heterocycles. The minimum atomic E-state index is -0.376. The van der Waals surface area contributed by atoms with Crippen molar-refractivity contribution in [2.24, 2.45) is 0 Å². The fraction of sp³-hybridized carbons (Fsp3) is 0.111. The summed E-state index contributed by atoms with van der Waals surface area (Å²) >= 11 is 18.2. The maximum Gasteiger partial charge on any atom is 0.254 e. The van der Waals surface area contributed by atoms with Crippen LogP contribution in [0, 0.1) is 0 Å². The third-order valence-electron chi connectivity index (χ3n) is 3.27. The van der Waals surface area contributed by atoms with Crippen LogP contribution in [-0.2, 0) is 4.79 Å². The lowest BCUT2D eigenvalue weighted by molar-refractivity contribution is -0.111. The number of benzene rings is 2. The molecule has 0 aliphatic heterocycles. The van der Waals surface area contributed by atoms with Gasteiger partial charge in [0.2, 0.25) is 5.91 Å². The van der Waals surface area contributed by atoms with E-state index in [0.29, 0.717) is 26.9 Å². The van der Waals surface area contributed by atoms with Crippen LogP contribution < -0.4 is 5.32 Å². The first kappa shape index (κ1) is 19.3. The van der Waals surface area contributed by atoms with Gasteiger partial charge in [-0.1, -0.05) is 40.9 Å². The van der Waals surface area contributed by atoms with Crippen molar-refractivity contribution in [3.05, 3.63) is 68.7 Å². The molecule has 2 rings (SSSR count). The third kappa shape index (κ3) is 4.98. The maximum atomic E-state index is 12.0. The van der Waals surface area contributed by atoms with Gasteiger partial charge in [0.25, 0.3) is 5.91 Å². The van der Waals surface area contributed by atoms with Crippen molar-refractivity contribution in [2.75, 3.05) is 19.4 Å². The average molecular weight is 398 g/mol. The Kier molecular flexibility index (Phi) is 6.48. The van der Waals surface area contributed by atoms with Crippen LogP contribution in [0.3, 0.4) is 0 Å². The van der Waals surface area contributed by atoms with Crippen LogP contribution in [0.4, 0.5) is 5.69 Å². The van der Waals surface area contributed by atoms with Crippen LogP contribution in [0.5, 0.6) is 0 Å². The van der Waals surface area contributed by atoms with Crippen LogP contribution in [0.2, 0.25) is 15.1 Å². The number of carbonyl (C=O) groups is 2. The highest BCUT2D eigenvalue weighted by Crippen LogP contribution is 2.26. The number of rotatable bonds is 4. The predicted octanol–water partition coefficient (Wildman–Crippen LogP) is 5.00. The van der Waals surface area contributed by atoms with Gasteiger partial charge < -0.3 is 10.2 Å². The Morgan fingerprint density at radius 3 is 2.20 bits per heavy atom.